The Morgan fingerprint density at radius 3 is 3.06 bits per heavy atom. The standard InChI is InChI=1S/C12H16N2O4/c1-14(11-9(16-2)4-3-5-13-11)12(15)10-8-17-6-7-18-10/h3-5,10H,6-8H2,1-2H3. The van der Waals surface area contributed by atoms with Gasteiger partial charge >= 0.3 is 0 Å². The van der Waals surface area contributed by atoms with Gasteiger partial charge < -0.3 is 14.2 Å². The first kappa shape index (κ1) is 12.8. The average Bonchev–Trinajstić information content (AvgIpc) is 2.46. The van der Waals surface area contributed by atoms with Gasteiger partial charge in [-0.1, -0.05) is 0 Å². The Bertz CT molecular complexity index is 418. The Hall–Kier alpha value is -1.66. The first-order valence-electron chi connectivity index (χ1n) is 5.70. The van der Waals surface area contributed by atoms with E-state index in [1.807, 2.05) is 0 Å². The molecule has 18 heavy (non-hydrogen) atoms. The molecule has 2 heterocycles. The number of anilines is 1. The molecule has 6 nitrogen and oxygen atoms in total. The van der Waals surface area contributed by atoms with Crippen LogP contribution in [0.4, 0.5) is 5.82 Å². The summed E-state index contributed by atoms with van der Waals surface area (Å²) in [7, 11) is 3.18. The zero-order chi connectivity index (χ0) is 13.0. The molecule has 1 aromatic heterocycles. The fraction of sp³-hybridized carbons (Fsp3) is 0.500. The number of carbonyl (C=O) groups is 1. The highest BCUT2D eigenvalue weighted by molar-refractivity contribution is 5.96. The molecule has 6 heteroatoms. The first-order valence-corrected chi connectivity index (χ1v) is 5.70. The van der Waals surface area contributed by atoms with Gasteiger partial charge in [0.2, 0.25) is 0 Å². The maximum absolute atomic E-state index is 12.2. The molecular weight excluding hydrogens is 236 g/mol. The third-order valence-corrected chi connectivity index (χ3v) is 2.71. The van der Waals surface area contributed by atoms with E-state index in [0.717, 1.165) is 0 Å². The normalized spacial score (nSPS) is 19.3. The molecular formula is C12H16N2O4. The van der Waals surface area contributed by atoms with Crippen molar-refractivity contribution in [3.8, 4) is 5.75 Å². The second kappa shape index (κ2) is 5.79. The highest BCUT2D eigenvalue weighted by atomic mass is 16.6. The lowest BCUT2D eigenvalue weighted by Crippen LogP contribution is -2.44. The lowest BCUT2D eigenvalue weighted by Gasteiger charge is -2.26. The zero-order valence-corrected chi connectivity index (χ0v) is 10.5. The van der Waals surface area contributed by atoms with Crippen LogP contribution >= 0.6 is 0 Å². The molecule has 98 valence electrons. The SMILES string of the molecule is COc1cccnc1N(C)C(=O)C1COCCO1. The van der Waals surface area contributed by atoms with Crippen molar-refractivity contribution < 1.29 is 19.0 Å². The zero-order valence-electron chi connectivity index (χ0n) is 10.5. The average molecular weight is 252 g/mol. The van der Waals surface area contributed by atoms with Crippen molar-refractivity contribution >= 4 is 11.7 Å². The van der Waals surface area contributed by atoms with E-state index in [0.29, 0.717) is 24.8 Å². The molecule has 2 rings (SSSR count). The predicted octanol–water partition coefficient (Wildman–Crippen LogP) is 0.468. The van der Waals surface area contributed by atoms with Crippen molar-refractivity contribution in [3.05, 3.63) is 18.3 Å². The Labute approximate surface area is 105 Å². The minimum Gasteiger partial charge on any atom is -0.493 e. The second-order valence-electron chi connectivity index (χ2n) is 3.86. The lowest BCUT2D eigenvalue weighted by atomic mass is 10.3. The van der Waals surface area contributed by atoms with Gasteiger partial charge in [-0.3, -0.25) is 9.69 Å². The number of hydrogen-bond donors (Lipinski definition) is 0. The molecule has 0 aromatic carbocycles. The summed E-state index contributed by atoms with van der Waals surface area (Å²) in [6, 6.07) is 3.51. The van der Waals surface area contributed by atoms with Crippen LogP contribution in [0.3, 0.4) is 0 Å². The molecule has 0 saturated carbocycles. The number of hydrogen-bond acceptors (Lipinski definition) is 5. The fourth-order valence-electron chi connectivity index (χ4n) is 1.74. The van der Waals surface area contributed by atoms with Crippen LogP contribution in [0.1, 0.15) is 0 Å². The van der Waals surface area contributed by atoms with E-state index in [-0.39, 0.29) is 12.5 Å². The summed E-state index contributed by atoms with van der Waals surface area (Å²) in [6.45, 7) is 1.24. The maximum Gasteiger partial charge on any atom is 0.259 e. The Balaban J connectivity index is 2.14. The summed E-state index contributed by atoms with van der Waals surface area (Å²) < 4.78 is 15.8. The highest BCUT2D eigenvalue weighted by Gasteiger charge is 2.28. The van der Waals surface area contributed by atoms with Gasteiger partial charge in [-0.15, -0.1) is 0 Å². The van der Waals surface area contributed by atoms with E-state index in [9.17, 15) is 4.79 Å². The third kappa shape index (κ3) is 2.60. The number of pyridine rings is 1. The molecule has 0 aliphatic carbocycles. The summed E-state index contributed by atoms with van der Waals surface area (Å²) in [5, 5.41) is 0. The van der Waals surface area contributed by atoms with E-state index in [4.69, 9.17) is 14.2 Å². The topological polar surface area (TPSA) is 60.9 Å². The molecule has 0 radical (unpaired) electrons. The molecule has 1 saturated heterocycles. The van der Waals surface area contributed by atoms with Crippen LogP contribution in [0.5, 0.6) is 5.75 Å². The van der Waals surface area contributed by atoms with E-state index in [1.54, 1.807) is 32.5 Å². The van der Waals surface area contributed by atoms with Gasteiger partial charge in [0.05, 0.1) is 26.9 Å². The predicted molar refractivity (Wildman–Crippen MR) is 64.8 cm³/mol. The van der Waals surface area contributed by atoms with Gasteiger partial charge in [0, 0.05) is 13.2 Å². The van der Waals surface area contributed by atoms with Crippen molar-refractivity contribution in [2.24, 2.45) is 0 Å². The van der Waals surface area contributed by atoms with Crippen LogP contribution in [-0.4, -0.2) is 51.0 Å². The van der Waals surface area contributed by atoms with Crippen LogP contribution in [0, 0.1) is 0 Å². The number of ether oxygens (including phenoxy) is 3. The summed E-state index contributed by atoms with van der Waals surface area (Å²) >= 11 is 0. The number of amides is 1. The van der Waals surface area contributed by atoms with Crippen LogP contribution in [-0.2, 0) is 14.3 Å². The summed E-state index contributed by atoms with van der Waals surface area (Å²) in [4.78, 5) is 17.8. The number of aromatic nitrogens is 1. The van der Waals surface area contributed by atoms with Crippen molar-refractivity contribution in [1.29, 1.82) is 0 Å². The van der Waals surface area contributed by atoms with Gasteiger partial charge in [0.25, 0.3) is 5.91 Å². The fourth-order valence-corrected chi connectivity index (χ4v) is 1.74. The first-order chi connectivity index (χ1) is 8.74. The van der Waals surface area contributed by atoms with Crippen molar-refractivity contribution in [2.75, 3.05) is 38.9 Å². The maximum atomic E-state index is 12.2. The van der Waals surface area contributed by atoms with E-state index < -0.39 is 6.10 Å². The molecule has 0 N–H and O–H groups in total. The van der Waals surface area contributed by atoms with Crippen LogP contribution in [0.15, 0.2) is 18.3 Å². The molecule has 1 aromatic rings. The minimum atomic E-state index is -0.574. The van der Waals surface area contributed by atoms with Crippen LogP contribution in [0.25, 0.3) is 0 Å². The van der Waals surface area contributed by atoms with E-state index in [1.165, 1.54) is 4.90 Å². The molecule has 1 fully saturated rings. The Morgan fingerprint density at radius 1 is 1.56 bits per heavy atom. The summed E-state index contributed by atoms with van der Waals surface area (Å²) in [5.74, 6) is 0.830. The molecule has 1 unspecified atom stereocenters. The lowest BCUT2D eigenvalue weighted by molar-refractivity contribution is -0.144. The third-order valence-electron chi connectivity index (χ3n) is 2.71. The summed E-state index contributed by atoms with van der Waals surface area (Å²) in [5.41, 5.74) is 0. The van der Waals surface area contributed by atoms with E-state index >= 15 is 0 Å². The van der Waals surface area contributed by atoms with Gasteiger partial charge in [0.1, 0.15) is 0 Å². The molecule has 0 bridgehead atoms. The summed E-state index contributed by atoms with van der Waals surface area (Å²) in [6.07, 6.45) is 1.04. The van der Waals surface area contributed by atoms with Crippen LogP contribution < -0.4 is 9.64 Å². The Morgan fingerprint density at radius 2 is 2.39 bits per heavy atom. The van der Waals surface area contributed by atoms with Crippen molar-refractivity contribution in [1.82, 2.24) is 4.98 Å². The number of methoxy groups -OCH3 is 1. The Kier molecular flexibility index (Phi) is 4.11. The van der Waals surface area contributed by atoms with Crippen molar-refractivity contribution in [2.45, 2.75) is 6.10 Å². The van der Waals surface area contributed by atoms with Gasteiger partial charge in [-0.05, 0) is 12.1 Å². The minimum absolute atomic E-state index is 0.188. The van der Waals surface area contributed by atoms with Gasteiger partial charge in [0.15, 0.2) is 17.7 Å². The number of carbonyl (C=O) groups excluding carboxylic acids is 1. The highest BCUT2D eigenvalue weighted by Crippen LogP contribution is 2.24. The largest absolute Gasteiger partial charge is 0.493 e. The molecule has 1 amide bonds. The molecule has 0 spiro atoms. The number of rotatable bonds is 3. The van der Waals surface area contributed by atoms with Gasteiger partial charge in [-0.25, -0.2) is 4.98 Å². The van der Waals surface area contributed by atoms with Gasteiger partial charge in [-0.2, -0.15) is 0 Å². The number of likely N-dealkylation sites (N-methyl/N-ethyl adjacent to an activating group) is 1. The molecule has 1 aliphatic rings. The monoisotopic (exact) mass is 252 g/mol. The smallest absolute Gasteiger partial charge is 0.259 e. The van der Waals surface area contributed by atoms with E-state index in [2.05, 4.69) is 4.98 Å². The molecule has 1 aliphatic heterocycles. The van der Waals surface area contributed by atoms with Crippen molar-refractivity contribution in [3.63, 3.8) is 0 Å². The van der Waals surface area contributed by atoms with Crippen LogP contribution in [0.2, 0.25) is 0 Å². The number of nitrogens with zero attached hydrogens (tertiary/aromatic N) is 2. The quantitative estimate of drug-likeness (QED) is 0.782. The second-order valence-corrected chi connectivity index (χ2v) is 3.86. The molecule has 1 atom stereocenters.